The Balaban J connectivity index is 1.50. The number of hydrogen-bond donors (Lipinski definition) is 1. The van der Waals surface area contributed by atoms with Crippen LogP contribution in [0, 0.1) is 5.92 Å². The molecule has 0 saturated carbocycles. The minimum Gasteiger partial charge on any atom is -0.387 e. The van der Waals surface area contributed by atoms with Gasteiger partial charge in [-0.25, -0.2) is 0 Å². The Kier molecular flexibility index (Phi) is 5.64. The normalized spacial score (nSPS) is 18.2. The van der Waals surface area contributed by atoms with Crippen molar-refractivity contribution >= 4 is 11.8 Å². The summed E-state index contributed by atoms with van der Waals surface area (Å²) in [7, 11) is 0. The molecule has 23 heavy (non-hydrogen) atoms. The SMILES string of the molecule is CSCc1noc(CN2CCC([C@H](O)c3ccccn3)CC2)n1. The highest BCUT2D eigenvalue weighted by Crippen LogP contribution is 2.30. The standard InChI is InChI=1S/C16H22N4O2S/c1-23-11-14-18-15(22-19-14)10-20-8-5-12(6-9-20)16(21)13-4-2-3-7-17-13/h2-4,7,12,16,21H,5-6,8-11H2,1H3/t16-/m0/s1. The van der Waals surface area contributed by atoms with Crippen molar-refractivity contribution in [2.75, 3.05) is 19.3 Å². The molecule has 0 unspecified atom stereocenters. The van der Waals surface area contributed by atoms with Crippen LogP contribution in [0.25, 0.3) is 0 Å². The summed E-state index contributed by atoms with van der Waals surface area (Å²) in [5, 5.41) is 14.4. The topological polar surface area (TPSA) is 75.3 Å². The average Bonchev–Trinajstić information content (AvgIpc) is 3.03. The molecular weight excluding hydrogens is 312 g/mol. The number of aromatic nitrogens is 3. The third-order valence-electron chi connectivity index (χ3n) is 4.21. The largest absolute Gasteiger partial charge is 0.387 e. The van der Waals surface area contributed by atoms with Gasteiger partial charge in [0.1, 0.15) is 0 Å². The minimum absolute atomic E-state index is 0.260. The maximum atomic E-state index is 10.5. The van der Waals surface area contributed by atoms with Gasteiger partial charge in [0.25, 0.3) is 0 Å². The Morgan fingerprint density at radius 1 is 1.39 bits per heavy atom. The molecule has 2 aromatic heterocycles. The molecule has 0 radical (unpaired) electrons. The second kappa shape index (κ2) is 7.90. The Hall–Kier alpha value is -1.44. The van der Waals surface area contributed by atoms with Crippen molar-refractivity contribution < 1.29 is 9.63 Å². The molecule has 1 fully saturated rings. The number of likely N-dealkylation sites (tertiary alicyclic amines) is 1. The Morgan fingerprint density at radius 2 is 2.22 bits per heavy atom. The molecule has 3 rings (SSSR count). The lowest BCUT2D eigenvalue weighted by molar-refractivity contribution is 0.0511. The Morgan fingerprint density at radius 3 is 2.91 bits per heavy atom. The van der Waals surface area contributed by atoms with Crippen LogP contribution < -0.4 is 0 Å². The number of piperidine rings is 1. The van der Waals surface area contributed by atoms with Crippen molar-refractivity contribution in [3.63, 3.8) is 0 Å². The van der Waals surface area contributed by atoms with E-state index in [0.717, 1.165) is 43.2 Å². The zero-order valence-electron chi connectivity index (χ0n) is 13.3. The molecule has 0 amide bonds. The van der Waals surface area contributed by atoms with E-state index in [4.69, 9.17) is 4.52 Å². The highest BCUT2D eigenvalue weighted by Gasteiger charge is 2.27. The number of nitrogens with zero attached hydrogens (tertiary/aromatic N) is 4. The number of hydrogen-bond acceptors (Lipinski definition) is 7. The van der Waals surface area contributed by atoms with Gasteiger partial charge < -0.3 is 9.63 Å². The van der Waals surface area contributed by atoms with E-state index in [1.54, 1.807) is 18.0 Å². The van der Waals surface area contributed by atoms with Gasteiger partial charge in [-0.3, -0.25) is 9.88 Å². The monoisotopic (exact) mass is 334 g/mol. The van der Waals surface area contributed by atoms with Crippen molar-refractivity contribution in [1.29, 1.82) is 0 Å². The molecule has 6 nitrogen and oxygen atoms in total. The van der Waals surface area contributed by atoms with Crippen LogP contribution in [0.4, 0.5) is 0 Å². The second-order valence-corrected chi connectivity index (χ2v) is 6.72. The molecule has 0 bridgehead atoms. The molecule has 7 heteroatoms. The fraction of sp³-hybridized carbons (Fsp3) is 0.562. The molecule has 1 saturated heterocycles. The molecule has 1 atom stereocenters. The van der Waals surface area contributed by atoms with Crippen LogP contribution >= 0.6 is 11.8 Å². The van der Waals surface area contributed by atoms with E-state index in [1.165, 1.54) is 0 Å². The zero-order valence-corrected chi connectivity index (χ0v) is 14.1. The first-order valence-corrected chi connectivity index (χ1v) is 9.27. The number of aliphatic hydroxyl groups is 1. The summed E-state index contributed by atoms with van der Waals surface area (Å²) in [5.74, 6) is 2.48. The molecular formula is C16H22N4O2S. The number of rotatable bonds is 6. The van der Waals surface area contributed by atoms with E-state index in [1.807, 2.05) is 24.5 Å². The first kappa shape index (κ1) is 16.4. The van der Waals surface area contributed by atoms with Crippen LogP contribution in [0.3, 0.4) is 0 Å². The predicted octanol–water partition coefficient (Wildman–Crippen LogP) is 2.27. The number of pyridine rings is 1. The van der Waals surface area contributed by atoms with E-state index in [2.05, 4.69) is 20.0 Å². The van der Waals surface area contributed by atoms with Crippen molar-refractivity contribution in [3.8, 4) is 0 Å². The lowest BCUT2D eigenvalue weighted by atomic mass is 9.89. The molecule has 1 aliphatic heterocycles. The molecule has 0 aliphatic carbocycles. The van der Waals surface area contributed by atoms with Gasteiger partial charge in [0.15, 0.2) is 5.82 Å². The fourth-order valence-corrected chi connectivity index (χ4v) is 3.33. The van der Waals surface area contributed by atoms with E-state index in [9.17, 15) is 5.11 Å². The van der Waals surface area contributed by atoms with Crippen molar-refractivity contribution in [2.45, 2.75) is 31.2 Å². The van der Waals surface area contributed by atoms with Gasteiger partial charge in [-0.05, 0) is 50.2 Å². The van der Waals surface area contributed by atoms with Gasteiger partial charge >= 0.3 is 0 Å². The molecule has 0 spiro atoms. The van der Waals surface area contributed by atoms with Crippen LogP contribution in [0.1, 0.15) is 36.4 Å². The van der Waals surface area contributed by atoms with E-state index in [-0.39, 0.29) is 5.92 Å². The van der Waals surface area contributed by atoms with Crippen molar-refractivity contribution in [2.24, 2.45) is 5.92 Å². The van der Waals surface area contributed by atoms with Gasteiger partial charge in [0.2, 0.25) is 5.89 Å². The van der Waals surface area contributed by atoms with Gasteiger partial charge in [-0.2, -0.15) is 16.7 Å². The summed E-state index contributed by atoms with van der Waals surface area (Å²) in [4.78, 5) is 11.0. The predicted molar refractivity (Wildman–Crippen MR) is 88.7 cm³/mol. The number of aliphatic hydroxyl groups excluding tert-OH is 1. The first-order chi connectivity index (χ1) is 11.3. The Labute approximate surface area is 140 Å². The quantitative estimate of drug-likeness (QED) is 0.868. The maximum Gasteiger partial charge on any atom is 0.240 e. The highest BCUT2D eigenvalue weighted by molar-refractivity contribution is 7.97. The third kappa shape index (κ3) is 4.31. The summed E-state index contributed by atoms with van der Waals surface area (Å²) < 4.78 is 5.29. The summed E-state index contributed by atoms with van der Waals surface area (Å²) >= 11 is 1.68. The van der Waals surface area contributed by atoms with Crippen LogP contribution in [0.2, 0.25) is 0 Å². The van der Waals surface area contributed by atoms with Crippen LogP contribution in [-0.2, 0) is 12.3 Å². The Bertz CT molecular complexity index is 599. The summed E-state index contributed by atoms with van der Waals surface area (Å²) in [6.45, 7) is 2.54. The number of thioether (sulfide) groups is 1. The molecule has 0 aromatic carbocycles. The van der Waals surface area contributed by atoms with Gasteiger partial charge in [-0.1, -0.05) is 11.2 Å². The summed E-state index contributed by atoms with van der Waals surface area (Å²) in [5.41, 5.74) is 0.768. The zero-order chi connectivity index (χ0) is 16.1. The average molecular weight is 334 g/mol. The maximum absolute atomic E-state index is 10.5. The lowest BCUT2D eigenvalue weighted by Gasteiger charge is -2.33. The smallest absolute Gasteiger partial charge is 0.240 e. The summed E-state index contributed by atoms with van der Waals surface area (Å²) in [6, 6.07) is 5.68. The minimum atomic E-state index is -0.477. The molecule has 2 aromatic rings. The van der Waals surface area contributed by atoms with Crippen molar-refractivity contribution in [1.82, 2.24) is 20.0 Å². The van der Waals surface area contributed by atoms with Crippen molar-refractivity contribution in [3.05, 3.63) is 41.8 Å². The molecule has 1 aliphatic rings. The van der Waals surface area contributed by atoms with Gasteiger partial charge in [0.05, 0.1) is 24.1 Å². The fourth-order valence-electron chi connectivity index (χ4n) is 2.95. The van der Waals surface area contributed by atoms with Gasteiger partial charge in [0, 0.05) is 6.20 Å². The van der Waals surface area contributed by atoms with E-state index < -0.39 is 6.10 Å². The van der Waals surface area contributed by atoms with Crippen LogP contribution in [-0.4, -0.2) is 44.5 Å². The third-order valence-corrected chi connectivity index (χ3v) is 4.76. The van der Waals surface area contributed by atoms with Crippen LogP contribution in [0.15, 0.2) is 28.9 Å². The lowest BCUT2D eigenvalue weighted by Crippen LogP contribution is -2.35. The highest BCUT2D eigenvalue weighted by atomic mass is 32.2. The molecule has 3 heterocycles. The summed E-state index contributed by atoms with van der Waals surface area (Å²) in [6.07, 6.45) is 5.17. The second-order valence-electron chi connectivity index (χ2n) is 5.85. The molecule has 1 N–H and O–H groups in total. The van der Waals surface area contributed by atoms with E-state index >= 15 is 0 Å². The molecule has 124 valence electrons. The first-order valence-electron chi connectivity index (χ1n) is 7.88. The van der Waals surface area contributed by atoms with Gasteiger partial charge in [-0.15, -0.1) is 0 Å². The van der Waals surface area contributed by atoms with Crippen LogP contribution in [0.5, 0.6) is 0 Å². The van der Waals surface area contributed by atoms with E-state index in [0.29, 0.717) is 12.4 Å².